The first-order chi connectivity index (χ1) is 13.3. The summed E-state index contributed by atoms with van der Waals surface area (Å²) in [6.07, 6.45) is 5.88. The number of methoxy groups -OCH3 is 1. The van der Waals surface area contributed by atoms with Crippen molar-refractivity contribution in [2.24, 2.45) is 4.99 Å². The molecule has 1 aromatic heterocycles. The fraction of sp³-hybridized carbons (Fsp3) is 0.526. The average Bonchev–Trinajstić information content (AvgIpc) is 3.16. The second-order valence-corrected chi connectivity index (χ2v) is 6.96. The molecule has 0 fully saturated rings. The van der Waals surface area contributed by atoms with Crippen molar-refractivity contribution in [2.45, 2.75) is 32.9 Å². The molecule has 0 saturated heterocycles. The minimum absolute atomic E-state index is 0.564. The summed E-state index contributed by atoms with van der Waals surface area (Å²) in [6.45, 7) is 5.10. The standard InChI is InChI=1S/C19H30N6OS/c1-4-18-24-23-15-25(18)12-11-21-19(20-10-7-13-27-3)22-14-16-8-5-6-9-17(16)26-2/h5-6,8-9,15H,4,7,10-14H2,1-3H3,(H2,20,21,22). The van der Waals surface area contributed by atoms with Gasteiger partial charge in [0.25, 0.3) is 0 Å². The lowest BCUT2D eigenvalue weighted by molar-refractivity contribution is 0.410. The van der Waals surface area contributed by atoms with Gasteiger partial charge in [0.05, 0.1) is 13.7 Å². The van der Waals surface area contributed by atoms with Crippen LogP contribution < -0.4 is 15.4 Å². The minimum Gasteiger partial charge on any atom is -0.496 e. The first-order valence-corrected chi connectivity index (χ1v) is 10.7. The Labute approximate surface area is 166 Å². The Morgan fingerprint density at radius 3 is 2.85 bits per heavy atom. The molecule has 8 heteroatoms. The van der Waals surface area contributed by atoms with E-state index in [-0.39, 0.29) is 0 Å². The molecule has 2 N–H and O–H groups in total. The van der Waals surface area contributed by atoms with Crippen LogP contribution in [0.1, 0.15) is 24.7 Å². The van der Waals surface area contributed by atoms with Crippen molar-refractivity contribution in [1.82, 2.24) is 25.4 Å². The van der Waals surface area contributed by atoms with Crippen molar-refractivity contribution < 1.29 is 4.74 Å². The molecule has 0 amide bonds. The summed E-state index contributed by atoms with van der Waals surface area (Å²) in [5, 5.41) is 14.9. The smallest absolute Gasteiger partial charge is 0.191 e. The van der Waals surface area contributed by atoms with Crippen molar-refractivity contribution >= 4 is 17.7 Å². The van der Waals surface area contributed by atoms with Crippen LogP contribution in [0.3, 0.4) is 0 Å². The molecule has 2 rings (SSSR count). The molecule has 0 saturated carbocycles. The highest BCUT2D eigenvalue weighted by atomic mass is 32.2. The van der Waals surface area contributed by atoms with Crippen molar-refractivity contribution in [3.8, 4) is 5.75 Å². The van der Waals surface area contributed by atoms with Gasteiger partial charge in [-0.2, -0.15) is 11.8 Å². The number of rotatable bonds is 11. The molecular formula is C19H30N6OS. The first-order valence-electron chi connectivity index (χ1n) is 9.28. The Morgan fingerprint density at radius 1 is 1.26 bits per heavy atom. The normalized spacial score (nSPS) is 11.4. The Kier molecular flexibility index (Phi) is 9.54. The number of hydrogen-bond donors (Lipinski definition) is 2. The predicted molar refractivity (Wildman–Crippen MR) is 113 cm³/mol. The molecule has 0 radical (unpaired) electrons. The quantitative estimate of drug-likeness (QED) is 0.348. The van der Waals surface area contributed by atoms with Crippen LogP contribution >= 0.6 is 11.8 Å². The lowest BCUT2D eigenvalue weighted by atomic mass is 10.2. The summed E-state index contributed by atoms with van der Waals surface area (Å²) in [6, 6.07) is 7.97. The number of aryl methyl sites for hydroxylation is 1. The van der Waals surface area contributed by atoms with E-state index in [1.165, 1.54) is 0 Å². The number of nitrogens with zero attached hydrogens (tertiary/aromatic N) is 4. The number of guanidine groups is 1. The zero-order chi connectivity index (χ0) is 19.3. The number of benzene rings is 1. The fourth-order valence-electron chi connectivity index (χ4n) is 2.63. The molecular weight excluding hydrogens is 360 g/mol. The third-order valence-electron chi connectivity index (χ3n) is 4.07. The number of para-hydroxylation sites is 1. The van der Waals surface area contributed by atoms with Crippen LogP contribution in [0.4, 0.5) is 0 Å². The topological polar surface area (TPSA) is 76.4 Å². The van der Waals surface area contributed by atoms with Crippen LogP contribution in [0, 0.1) is 0 Å². The number of thioether (sulfide) groups is 1. The second-order valence-electron chi connectivity index (χ2n) is 5.97. The Morgan fingerprint density at radius 2 is 2.07 bits per heavy atom. The Bertz CT molecular complexity index is 703. The molecule has 0 aliphatic carbocycles. The van der Waals surface area contributed by atoms with Gasteiger partial charge in [-0.25, -0.2) is 4.99 Å². The third kappa shape index (κ3) is 7.13. The monoisotopic (exact) mass is 390 g/mol. The molecule has 27 heavy (non-hydrogen) atoms. The molecule has 148 valence electrons. The molecule has 1 heterocycles. The molecule has 0 spiro atoms. The predicted octanol–water partition coefficient (Wildman–Crippen LogP) is 2.34. The van der Waals surface area contributed by atoms with Gasteiger partial charge >= 0.3 is 0 Å². The SMILES string of the molecule is CCc1nncn1CCNC(=NCc1ccccc1OC)NCCCSC. The molecule has 1 aromatic carbocycles. The van der Waals surface area contributed by atoms with Crippen molar-refractivity contribution in [3.63, 3.8) is 0 Å². The molecule has 0 unspecified atom stereocenters. The number of hydrogen-bond acceptors (Lipinski definition) is 5. The van der Waals surface area contributed by atoms with E-state index in [9.17, 15) is 0 Å². The summed E-state index contributed by atoms with van der Waals surface area (Å²) >= 11 is 1.85. The maximum atomic E-state index is 5.42. The summed E-state index contributed by atoms with van der Waals surface area (Å²) in [4.78, 5) is 4.73. The maximum Gasteiger partial charge on any atom is 0.191 e. The second kappa shape index (κ2) is 12.2. The lowest BCUT2D eigenvalue weighted by Crippen LogP contribution is -2.39. The number of nitrogens with one attached hydrogen (secondary N) is 2. The molecule has 0 aliphatic rings. The summed E-state index contributed by atoms with van der Waals surface area (Å²) in [7, 11) is 1.69. The highest BCUT2D eigenvalue weighted by Crippen LogP contribution is 2.17. The molecule has 0 aliphatic heterocycles. The van der Waals surface area contributed by atoms with Crippen LogP contribution in [0.2, 0.25) is 0 Å². The maximum absolute atomic E-state index is 5.42. The van der Waals surface area contributed by atoms with Gasteiger partial charge in [0.1, 0.15) is 17.9 Å². The van der Waals surface area contributed by atoms with Gasteiger partial charge in [0, 0.05) is 31.6 Å². The van der Waals surface area contributed by atoms with Crippen molar-refractivity contribution in [2.75, 3.05) is 32.2 Å². The summed E-state index contributed by atoms with van der Waals surface area (Å²) in [5.74, 6) is 3.80. The fourth-order valence-corrected chi connectivity index (χ4v) is 3.06. The van der Waals surface area contributed by atoms with Crippen LogP contribution in [0.25, 0.3) is 0 Å². The zero-order valence-corrected chi connectivity index (χ0v) is 17.3. The van der Waals surface area contributed by atoms with Crippen molar-refractivity contribution in [1.29, 1.82) is 0 Å². The van der Waals surface area contributed by atoms with E-state index in [4.69, 9.17) is 9.73 Å². The first kappa shape index (κ1) is 21.1. The third-order valence-corrected chi connectivity index (χ3v) is 4.77. The van der Waals surface area contributed by atoms with Gasteiger partial charge in [-0.05, 0) is 24.5 Å². The number of aliphatic imine (C=N–C) groups is 1. The Hall–Kier alpha value is -2.22. The van der Waals surface area contributed by atoms with Crippen LogP contribution in [-0.4, -0.2) is 52.9 Å². The Balaban J connectivity index is 1.94. The lowest BCUT2D eigenvalue weighted by Gasteiger charge is -2.14. The minimum atomic E-state index is 0.564. The van der Waals surface area contributed by atoms with E-state index < -0.39 is 0 Å². The van der Waals surface area contributed by atoms with E-state index in [0.717, 1.165) is 61.3 Å². The van der Waals surface area contributed by atoms with Gasteiger partial charge < -0.3 is 19.9 Å². The zero-order valence-electron chi connectivity index (χ0n) is 16.4. The molecule has 0 atom stereocenters. The van der Waals surface area contributed by atoms with Gasteiger partial charge in [-0.3, -0.25) is 0 Å². The van der Waals surface area contributed by atoms with Crippen LogP contribution in [0.15, 0.2) is 35.6 Å². The number of aromatic nitrogens is 3. The van der Waals surface area contributed by atoms with E-state index >= 15 is 0 Å². The average molecular weight is 391 g/mol. The van der Waals surface area contributed by atoms with E-state index in [1.54, 1.807) is 13.4 Å². The molecule has 0 bridgehead atoms. The molecule has 7 nitrogen and oxygen atoms in total. The molecule has 2 aromatic rings. The van der Waals surface area contributed by atoms with Gasteiger partial charge in [0.2, 0.25) is 0 Å². The van der Waals surface area contributed by atoms with Crippen LogP contribution in [0.5, 0.6) is 5.75 Å². The highest BCUT2D eigenvalue weighted by Gasteiger charge is 2.04. The van der Waals surface area contributed by atoms with E-state index in [1.807, 2.05) is 36.0 Å². The van der Waals surface area contributed by atoms with Gasteiger partial charge in [-0.15, -0.1) is 10.2 Å². The van der Waals surface area contributed by atoms with E-state index in [2.05, 4.69) is 38.6 Å². The number of ether oxygens (including phenoxy) is 1. The van der Waals surface area contributed by atoms with E-state index in [0.29, 0.717) is 6.54 Å². The largest absolute Gasteiger partial charge is 0.496 e. The highest BCUT2D eigenvalue weighted by molar-refractivity contribution is 7.98. The van der Waals surface area contributed by atoms with Gasteiger partial charge in [0.15, 0.2) is 5.96 Å². The summed E-state index contributed by atoms with van der Waals surface area (Å²) in [5.41, 5.74) is 1.07. The van der Waals surface area contributed by atoms with Crippen LogP contribution in [-0.2, 0) is 19.5 Å². The summed E-state index contributed by atoms with van der Waals surface area (Å²) < 4.78 is 7.48. The van der Waals surface area contributed by atoms with Gasteiger partial charge in [-0.1, -0.05) is 25.1 Å². The van der Waals surface area contributed by atoms with Crippen molar-refractivity contribution in [3.05, 3.63) is 42.0 Å².